The number of anilines is 1. The first-order valence-electron chi connectivity index (χ1n) is 6.79. The molecule has 0 spiro atoms. The first-order chi connectivity index (χ1) is 9.70. The van der Waals surface area contributed by atoms with Crippen molar-refractivity contribution in [3.05, 3.63) is 36.4 Å². The highest BCUT2D eigenvalue weighted by molar-refractivity contribution is 5.96. The largest absolute Gasteiger partial charge is 0.309 e. The number of rotatable bonds is 2. The molecule has 20 heavy (non-hydrogen) atoms. The molecule has 0 radical (unpaired) electrons. The molecular weight excluding hydrogens is 252 g/mol. The van der Waals surface area contributed by atoms with E-state index < -0.39 is 0 Å². The summed E-state index contributed by atoms with van der Waals surface area (Å²) in [7, 11) is 3.63. The average Bonchev–Trinajstić information content (AvgIpc) is 2.87. The lowest BCUT2D eigenvalue weighted by molar-refractivity contribution is -0.120. The molecule has 1 aliphatic rings. The van der Waals surface area contributed by atoms with Crippen LogP contribution < -0.4 is 10.2 Å². The summed E-state index contributed by atoms with van der Waals surface area (Å²) in [6.45, 7) is 0.740. The van der Waals surface area contributed by atoms with Crippen LogP contribution in [0.2, 0.25) is 0 Å². The Bertz CT molecular complexity index is 620. The summed E-state index contributed by atoms with van der Waals surface area (Å²) in [5.74, 6) is 0.942. The lowest BCUT2D eigenvalue weighted by Gasteiger charge is -2.18. The van der Waals surface area contributed by atoms with Gasteiger partial charge in [0.15, 0.2) is 0 Å². The molecule has 3 rings (SSSR count). The van der Waals surface area contributed by atoms with Crippen LogP contribution in [-0.4, -0.2) is 35.8 Å². The fourth-order valence-electron chi connectivity index (χ4n) is 2.58. The van der Waals surface area contributed by atoms with Crippen molar-refractivity contribution >= 4 is 11.7 Å². The maximum atomic E-state index is 12.3. The van der Waals surface area contributed by atoms with E-state index in [9.17, 15) is 4.79 Å². The van der Waals surface area contributed by atoms with E-state index >= 15 is 0 Å². The van der Waals surface area contributed by atoms with Gasteiger partial charge in [-0.2, -0.15) is 5.10 Å². The zero-order chi connectivity index (χ0) is 14.1. The summed E-state index contributed by atoms with van der Waals surface area (Å²) < 4.78 is 1.91. The molecule has 5 nitrogen and oxygen atoms in total. The van der Waals surface area contributed by atoms with Crippen molar-refractivity contribution < 1.29 is 4.79 Å². The van der Waals surface area contributed by atoms with Gasteiger partial charge in [-0.25, -0.2) is 4.68 Å². The zero-order valence-electron chi connectivity index (χ0n) is 11.7. The summed E-state index contributed by atoms with van der Waals surface area (Å²) in [6.07, 6.45) is 0.753. The highest BCUT2D eigenvalue weighted by Crippen LogP contribution is 2.26. The maximum absolute atomic E-state index is 12.3. The van der Waals surface area contributed by atoms with Crippen molar-refractivity contribution in [2.45, 2.75) is 19.0 Å². The molecule has 1 amide bonds. The Morgan fingerprint density at radius 3 is 2.75 bits per heavy atom. The van der Waals surface area contributed by atoms with Gasteiger partial charge in [-0.1, -0.05) is 30.3 Å². The molecule has 0 aliphatic carbocycles. The minimum absolute atomic E-state index is 0.0887. The number of likely N-dealkylation sites (N-methyl/N-ethyl adjacent to an activating group) is 2. The number of nitrogens with one attached hydrogen (secondary N) is 1. The van der Waals surface area contributed by atoms with Gasteiger partial charge in [-0.15, -0.1) is 0 Å². The van der Waals surface area contributed by atoms with Crippen LogP contribution in [0.5, 0.6) is 0 Å². The summed E-state index contributed by atoms with van der Waals surface area (Å²) in [6, 6.07) is 11.9. The highest BCUT2D eigenvalue weighted by atomic mass is 16.2. The first-order valence-corrected chi connectivity index (χ1v) is 6.79. The molecule has 2 aromatic rings. The number of nitrogens with zero attached hydrogens (tertiary/aromatic N) is 3. The standard InChI is InChI=1S/C15H18N4O/c1-16-12-8-9-19-14(18(2)15(12)20)10-13(17-19)11-6-4-3-5-7-11/h3-7,10,12,16H,8-9H2,1-2H3. The van der Waals surface area contributed by atoms with Crippen LogP contribution in [0, 0.1) is 0 Å². The third-order valence-electron chi connectivity index (χ3n) is 3.78. The third-order valence-corrected chi connectivity index (χ3v) is 3.78. The van der Waals surface area contributed by atoms with Crippen molar-refractivity contribution in [3.63, 3.8) is 0 Å². The highest BCUT2D eigenvalue weighted by Gasteiger charge is 2.28. The smallest absolute Gasteiger partial charge is 0.245 e. The Morgan fingerprint density at radius 1 is 1.30 bits per heavy atom. The first kappa shape index (κ1) is 12.9. The van der Waals surface area contributed by atoms with E-state index in [1.165, 1.54) is 0 Å². The number of amides is 1. The van der Waals surface area contributed by atoms with E-state index in [2.05, 4.69) is 10.4 Å². The number of hydrogen-bond acceptors (Lipinski definition) is 3. The molecule has 0 fully saturated rings. The lowest BCUT2D eigenvalue weighted by Crippen LogP contribution is -2.42. The van der Waals surface area contributed by atoms with Gasteiger partial charge in [0.25, 0.3) is 0 Å². The van der Waals surface area contributed by atoms with Gasteiger partial charge >= 0.3 is 0 Å². The number of aryl methyl sites for hydroxylation is 1. The summed E-state index contributed by atoms with van der Waals surface area (Å²) in [5.41, 5.74) is 1.97. The van der Waals surface area contributed by atoms with Crippen LogP contribution >= 0.6 is 0 Å². The van der Waals surface area contributed by atoms with Crippen LogP contribution in [0.25, 0.3) is 11.3 Å². The predicted octanol–water partition coefficient (Wildman–Crippen LogP) is 1.50. The zero-order valence-corrected chi connectivity index (χ0v) is 11.7. The quantitative estimate of drug-likeness (QED) is 0.900. The second-order valence-corrected chi connectivity index (χ2v) is 5.00. The van der Waals surface area contributed by atoms with E-state index in [1.807, 2.05) is 48.1 Å². The van der Waals surface area contributed by atoms with Crippen LogP contribution in [-0.2, 0) is 11.3 Å². The summed E-state index contributed by atoms with van der Waals surface area (Å²) >= 11 is 0. The van der Waals surface area contributed by atoms with E-state index in [-0.39, 0.29) is 11.9 Å². The van der Waals surface area contributed by atoms with E-state index in [4.69, 9.17) is 0 Å². The maximum Gasteiger partial charge on any atom is 0.245 e. The van der Waals surface area contributed by atoms with Crippen molar-refractivity contribution in [1.82, 2.24) is 15.1 Å². The van der Waals surface area contributed by atoms with Gasteiger partial charge < -0.3 is 5.32 Å². The molecule has 1 N–H and O–H groups in total. The predicted molar refractivity (Wildman–Crippen MR) is 78.5 cm³/mol. The second-order valence-electron chi connectivity index (χ2n) is 5.00. The molecule has 1 aromatic carbocycles. The topological polar surface area (TPSA) is 50.2 Å². The molecule has 104 valence electrons. The minimum atomic E-state index is -0.137. The molecule has 0 saturated carbocycles. The number of carbonyl (C=O) groups excluding carboxylic acids is 1. The Morgan fingerprint density at radius 2 is 2.05 bits per heavy atom. The van der Waals surface area contributed by atoms with Crippen molar-refractivity contribution in [2.75, 3.05) is 19.0 Å². The van der Waals surface area contributed by atoms with Gasteiger partial charge in [0.2, 0.25) is 5.91 Å². The number of aromatic nitrogens is 2. The van der Waals surface area contributed by atoms with E-state index in [0.29, 0.717) is 0 Å². The van der Waals surface area contributed by atoms with Gasteiger partial charge in [-0.3, -0.25) is 9.69 Å². The number of hydrogen-bond donors (Lipinski definition) is 1. The number of benzene rings is 1. The fourth-order valence-corrected chi connectivity index (χ4v) is 2.58. The molecule has 1 aromatic heterocycles. The van der Waals surface area contributed by atoms with Crippen LogP contribution in [0.4, 0.5) is 5.82 Å². The molecule has 1 atom stereocenters. The normalized spacial score (nSPS) is 18.8. The Hall–Kier alpha value is -2.14. The van der Waals surface area contributed by atoms with Crippen LogP contribution in [0.1, 0.15) is 6.42 Å². The average molecular weight is 270 g/mol. The van der Waals surface area contributed by atoms with Crippen molar-refractivity contribution in [2.24, 2.45) is 0 Å². The minimum Gasteiger partial charge on any atom is -0.309 e. The number of carbonyl (C=O) groups is 1. The van der Waals surface area contributed by atoms with Crippen LogP contribution in [0.15, 0.2) is 36.4 Å². The van der Waals surface area contributed by atoms with Gasteiger partial charge in [0.05, 0.1) is 11.7 Å². The monoisotopic (exact) mass is 270 g/mol. The fraction of sp³-hybridized carbons (Fsp3) is 0.333. The number of fused-ring (bicyclic) bond motifs is 1. The van der Waals surface area contributed by atoms with Crippen LogP contribution in [0.3, 0.4) is 0 Å². The second kappa shape index (κ2) is 5.09. The SMILES string of the molecule is CNC1CCn2nc(-c3ccccc3)cc2N(C)C1=O. The van der Waals surface area contributed by atoms with E-state index in [1.54, 1.807) is 11.9 Å². The van der Waals surface area contributed by atoms with Gasteiger partial charge in [0, 0.05) is 25.2 Å². The van der Waals surface area contributed by atoms with Gasteiger partial charge in [0.1, 0.15) is 5.82 Å². The molecule has 1 aliphatic heterocycles. The Labute approximate surface area is 118 Å². The molecule has 5 heteroatoms. The molecule has 2 heterocycles. The molecule has 0 bridgehead atoms. The molecule has 0 saturated heterocycles. The van der Waals surface area contributed by atoms with Crippen molar-refractivity contribution in [1.29, 1.82) is 0 Å². The third kappa shape index (κ3) is 2.10. The Balaban J connectivity index is 1.99. The lowest BCUT2D eigenvalue weighted by atomic mass is 10.1. The Kier molecular flexibility index (Phi) is 3.28. The van der Waals surface area contributed by atoms with Gasteiger partial charge in [-0.05, 0) is 13.5 Å². The van der Waals surface area contributed by atoms with Crippen molar-refractivity contribution in [3.8, 4) is 11.3 Å². The molecular formula is C15H18N4O. The molecule has 1 unspecified atom stereocenters. The summed E-state index contributed by atoms with van der Waals surface area (Å²) in [4.78, 5) is 14.0. The summed E-state index contributed by atoms with van der Waals surface area (Å²) in [5, 5.41) is 7.69. The van der Waals surface area contributed by atoms with E-state index in [0.717, 1.165) is 30.0 Å².